The zero-order valence-corrected chi connectivity index (χ0v) is 23.2. The third kappa shape index (κ3) is 30.8. The molecule has 220 valence electrons. The molecule has 2 amide bonds. The van der Waals surface area contributed by atoms with Crippen LogP contribution >= 0.6 is 0 Å². The summed E-state index contributed by atoms with van der Waals surface area (Å²) in [5, 5.41) is 2.85. The maximum absolute atomic E-state index is 11.5. The average Bonchev–Trinajstić information content (AvgIpc) is 2.89. The van der Waals surface area contributed by atoms with Crippen molar-refractivity contribution in [1.82, 2.24) is 10.8 Å². The largest absolute Gasteiger partial charge is 0.377 e. The van der Waals surface area contributed by atoms with E-state index in [9.17, 15) is 9.59 Å². The lowest BCUT2D eigenvalue weighted by Gasteiger charge is -2.09. The predicted octanol–water partition coefficient (Wildman–Crippen LogP) is 2.41. The number of hydroxylamine groups is 1. The van der Waals surface area contributed by atoms with E-state index in [1.807, 2.05) is 0 Å². The lowest BCUT2D eigenvalue weighted by atomic mass is 10.2. The van der Waals surface area contributed by atoms with E-state index >= 15 is 0 Å². The molecule has 0 atom stereocenters. The second kappa shape index (κ2) is 30.9. The summed E-state index contributed by atoms with van der Waals surface area (Å²) in [5.74, 6) is -0.00380. The molecule has 0 aromatic rings. The first-order valence-corrected chi connectivity index (χ1v) is 13.8. The number of ether oxygens (including phenoxy) is 6. The number of hydrogen-bond donors (Lipinski definition) is 2. The molecule has 11 nitrogen and oxygen atoms in total. The van der Waals surface area contributed by atoms with Gasteiger partial charge in [-0.3, -0.25) is 14.4 Å². The fraction of sp³-hybridized carbons (Fsp3) is 0.923. The molecule has 37 heavy (non-hydrogen) atoms. The van der Waals surface area contributed by atoms with Crippen molar-refractivity contribution in [3.63, 3.8) is 0 Å². The molecule has 0 fully saturated rings. The van der Waals surface area contributed by atoms with Crippen LogP contribution in [-0.4, -0.2) is 104 Å². The van der Waals surface area contributed by atoms with E-state index < -0.39 is 0 Å². The summed E-state index contributed by atoms with van der Waals surface area (Å²) in [6.07, 6.45) is 7.24. The van der Waals surface area contributed by atoms with Crippen molar-refractivity contribution in [2.75, 3.05) is 92.4 Å². The molecule has 11 heteroatoms. The zero-order valence-electron chi connectivity index (χ0n) is 23.2. The van der Waals surface area contributed by atoms with Gasteiger partial charge in [-0.05, 0) is 12.8 Å². The fourth-order valence-electron chi connectivity index (χ4n) is 2.91. The van der Waals surface area contributed by atoms with E-state index in [0.29, 0.717) is 105 Å². The van der Waals surface area contributed by atoms with Gasteiger partial charge < -0.3 is 33.7 Å². The number of amides is 2. The second-order valence-corrected chi connectivity index (χ2v) is 8.31. The Morgan fingerprint density at radius 3 is 1.30 bits per heavy atom. The average molecular weight is 537 g/mol. The van der Waals surface area contributed by atoms with E-state index in [1.54, 1.807) is 0 Å². The Bertz CT molecular complexity index is 457. The van der Waals surface area contributed by atoms with E-state index in [1.165, 1.54) is 0 Å². The molecular weight excluding hydrogens is 484 g/mol. The summed E-state index contributed by atoms with van der Waals surface area (Å²) in [6, 6.07) is 0. The van der Waals surface area contributed by atoms with Crippen LogP contribution < -0.4 is 10.8 Å². The minimum Gasteiger partial charge on any atom is -0.377 e. The molecule has 0 aliphatic rings. The predicted molar refractivity (Wildman–Crippen MR) is 140 cm³/mol. The van der Waals surface area contributed by atoms with Gasteiger partial charge in [0.15, 0.2) is 0 Å². The van der Waals surface area contributed by atoms with Gasteiger partial charge in [-0.25, -0.2) is 5.48 Å². The van der Waals surface area contributed by atoms with Crippen LogP contribution in [0.3, 0.4) is 0 Å². The van der Waals surface area contributed by atoms with Gasteiger partial charge in [0.2, 0.25) is 11.8 Å². The van der Waals surface area contributed by atoms with Crippen LogP contribution in [0.5, 0.6) is 0 Å². The summed E-state index contributed by atoms with van der Waals surface area (Å²) in [6.45, 7) is 10.8. The van der Waals surface area contributed by atoms with Crippen molar-refractivity contribution in [1.29, 1.82) is 0 Å². The van der Waals surface area contributed by atoms with Crippen molar-refractivity contribution >= 4 is 11.8 Å². The summed E-state index contributed by atoms with van der Waals surface area (Å²) >= 11 is 0. The number of hydrogen-bond acceptors (Lipinski definition) is 9. The Morgan fingerprint density at radius 2 is 0.865 bits per heavy atom. The van der Waals surface area contributed by atoms with Crippen LogP contribution in [0.1, 0.15) is 65.2 Å². The van der Waals surface area contributed by atoms with Gasteiger partial charge in [0, 0.05) is 19.4 Å². The highest BCUT2D eigenvalue weighted by Gasteiger charge is 2.01. The van der Waals surface area contributed by atoms with Gasteiger partial charge in [-0.1, -0.05) is 39.5 Å². The molecule has 0 heterocycles. The zero-order chi connectivity index (χ0) is 27.1. The van der Waals surface area contributed by atoms with E-state index in [2.05, 4.69) is 24.6 Å². The number of rotatable bonds is 30. The molecule has 0 spiro atoms. The van der Waals surface area contributed by atoms with Crippen molar-refractivity contribution in [2.24, 2.45) is 0 Å². The second-order valence-electron chi connectivity index (χ2n) is 8.31. The Hall–Kier alpha value is -1.34. The highest BCUT2D eigenvalue weighted by molar-refractivity contribution is 5.75. The summed E-state index contributed by atoms with van der Waals surface area (Å²) in [5.41, 5.74) is 2.41. The summed E-state index contributed by atoms with van der Waals surface area (Å²) in [4.78, 5) is 28.0. The maximum atomic E-state index is 11.5. The topological polar surface area (TPSA) is 123 Å². The Labute approximate surface area is 223 Å². The molecule has 0 aromatic heterocycles. The van der Waals surface area contributed by atoms with Gasteiger partial charge in [0.25, 0.3) is 0 Å². The third-order valence-corrected chi connectivity index (χ3v) is 4.96. The summed E-state index contributed by atoms with van der Waals surface area (Å²) in [7, 11) is 0. The lowest BCUT2D eigenvalue weighted by molar-refractivity contribution is -0.135. The normalized spacial score (nSPS) is 11.1. The number of nitrogens with one attached hydrogen (secondary N) is 2. The minimum atomic E-state index is -0.0930. The molecule has 2 N–H and O–H groups in total. The molecular formula is C26H52N2O9. The van der Waals surface area contributed by atoms with Crippen LogP contribution in [0.4, 0.5) is 0 Å². The molecule has 0 saturated heterocycles. The van der Waals surface area contributed by atoms with Gasteiger partial charge in [0.1, 0.15) is 0 Å². The van der Waals surface area contributed by atoms with Crippen LogP contribution in [0.15, 0.2) is 0 Å². The van der Waals surface area contributed by atoms with Crippen molar-refractivity contribution in [2.45, 2.75) is 65.2 Å². The number of unbranched alkanes of at least 4 members (excludes halogenated alkanes) is 4. The smallest absolute Gasteiger partial charge is 0.243 e. The summed E-state index contributed by atoms with van der Waals surface area (Å²) < 4.78 is 32.5. The Kier molecular flexibility index (Phi) is 29.8. The van der Waals surface area contributed by atoms with Gasteiger partial charge in [-0.15, -0.1) is 0 Å². The highest BCUT2D eigenvalue weighted by Crippen LogP contribution is 1.98. The maximum Gasteiger partial charge on any atom is 0.243 e. The van der Waals surface area contributed by atoms with E-state index in [0.717, 1.165) is 38.5 Å². The van der Waals surface area contributed by atoms with Crippen molar-refractivity contribution < 1.29 is 42.8 Å². The van der Waals surface area contributed by atoms with E-state index in [4.69, 9.17) is 33.3 Å². The minimum absolute atomic E-state index is 0.0892. The molecule has 0 aliphatic carbocycles. The molecule has 0 bridgehead atoms. The van der Waals surface area contributed by atoms with Crippen LogP contribution in [-0.2, 0) is 42.8 Å². The number of carbonyl (C=O) groups excluding carboxylic acids is 2. The molecule has 0 radical (unpaired) electrons. The van der Waals surface area contributed by atoms with E-state index in [-0.39, 0.29) is 11.8 Å². The van der Waals surface area contributed by atoms with Gasteiger partial charge in [-0.2, -0.15) is 0 Å². The SMILES string of the molecule is CCCCCC(=O)NCCOCCOCCOCCOCCOCCOCCONC(=O)CCCCC. The standard InChI is InChI=1S/C26H52N2O9/c1-3-5-7-9-25(29)27-11-12-31-13-14-32-15-16-33-17-18-34-19-20-35-21-22-36-23-24-37-28-26(30)10-8-6-4-2/h3-24H2,1-2H3,(H,27,29)(H,28,30). The first kappa shape index (κ1) is 35.7. The first-order chi connectivity index (χ1) is 18.2. The van der Waals surface area contributed by atoms with Gasteiger partial charge in [0.05, 0.1) is 85.9 Å². The van der Waals surface area contributed by atoms with Gasteiger partial charge >= 0.3 is 0 Å². The third-order valence-electron chi connectivity index (χ3n) is 4.96. The van der Waals surface area contributed by atoms with Crippen molar-refractivity contribution in [3.05, 3.63) is 0 Å². The highest BCUT2D eigenvalue weighted by atomic mass is 16.7. The fourth-order valence-corrected chi connectivity index (χ4v) is 2.91. The van der Waals surface area contributed by atoms with Crippen LogP contribution in [0.25, 0.3) is 0 Å². The molecule has 0 aliphatic heterocycles. The molecule has 0 saturated carbocycles. The lowest BCUT2D eigenvalue weighted by Crippen LogP contribution is -2.27. The monoisotopic (exact) mass is 536 g/mol. The first-order valence-electron chi connectivity index (χ1n) is 13.8. The van der Waals surface area contributed by atoms with Crippen LogP contribution in [0, 0.1) is 0 Å². The molecule has 0 rings (SSSR count). The molecule has 0 aromatic carbocycles. The quantitative estimate of drug-likeness (QED) is 0.105. The Morgan fingerprint density at radius 1 is 0.486 bits per heavy atom. The Balaban J connectivity index is 3.12. The number of carbonyl (C=O) groups is 2. The van der Waals surface area contributed by atoms with Crippen molar-refractivity contribution in [3.8, 4) is 0 Å². The van der Waals surface area contributed by atoms with Crippen LogP contribution in [0.2, 0.25) is 0 Å². The molecule has 0 unspecified atom stereocenters.